The number of hydrogen-bond acceptors (Lipinski definition) is 6. The first kappa shape index (κ1) is 13.4. The van der Waals surface area contributed by atoms with Crippen LogP contribution in [0.25, 0.3) is 0 Å². The zero-order chi connectivity index (χ0) is 14.0. The Morgan fingerprint density at radius 1 is 1.42 bits per heavy atom. The number of hydrogen-bond donors (Lipinski definition) is 2. The number of nitrogens with one attached hydrogen (secondary N) is 2. The molecule has 8 heteroatoms. The van der Waals surface area contributed by atoms with E-state index in [1.54, 1.807) is 6.92 Å². The monoisotopic (exact) mass is 282 g/mol. The Hall–Kier alpha value is -2.02. The largest absolute Gasteiger partial charge is 0.358 e. The van der Waals surface area contributed by atoms with Crippen LogP contribution in [-0.2, 0) is 9.59 Å². The van der Waals surface area contributed by atoms with E-state index in [0.717, 1.165) is 0 Å². The lowest BCUT2D eigenvalue weighted by Crippen LogP contribution is -2.47. The SMILES string of the molecule is Cc1nc(Cl)c(C=O)c(NC2CCC(=O)NC2=O)n1. The van der Waals surface area contributed by atoms with Gasteiger partial charge in [-0.25, -0.2) is 9.97 Å². The van der Waals surface area contributed by atoms with E-state index in [0.29, 0.717) is 18.5 Å². The van der Waals surface area contributed by atoms with Crippen molar-refractivity contribution in [3.05, 3.63) is 16.5 Å². The molecule has 1 atom stereocenters. The van der Waals surface area contributed by atoms with E-state index in [1.807, 2.05) is 0 Å². The standard InChI is InChI=1S/C11H11ClN4O3/c1-5-13-9(12)6(4-17)10(14-5)15-7-2-3-8(18)16-11(7)19/h4,7H,2-3H2,1H3,(H,13,14,15)(H,16,18,19). The minimum absolute atomic E-state index is 0.0253. The van der Waals surface area contributed by atoms with E-state index in [2.05, 4.69) is 20.6 Å². The zero-order valence-corrected chi connectivity index (χ0v) is 10.8. The smallest absolute Gasteiger partial charge is 0.249 e. The van der Waals surface area contributed by atoms with Crippen molar-refractivity contribution in [1.82, 2.24) is 15.3 Å². The maximum absolute atomic E-state index is 11.6. The van der Waals surface area contributed by atoms with Crippen molar-refractivity contribution in [1.29, 1.82) is 0 Å². The Balaban J connectivity index is 2.26. The fourth-order valence-electron chi connectivity index (χ4n) is 1.76. The number of carbonyl (C=O) groups is 3. The molecule has 0 aliphatic carbocycles. The van der Waals surface area contributed by atoms with Crippen LogP contribution in [0.1, 0.15) is 29.0 Å². The van der Waals surface area contributed by atoms with Gasteiger partial charge in [-0.05, 0) is 13.3 Å². The Bertz CT molecular complexity index is 561. The number of carbonyl (C=O) groups excluding carboxylic acids is 3. The minimum atomic E-state index is -0.623. The highest BCUT2D eigenvalue weighted by atomic mass is 35.5. The molecule has 1 fully saturated rings. The van der Waals surface area contributed by atoms with Crippen LogP contribution in [0.2, 0.25) is 5.15 Å². The molecule has 1 aliphatic rings. The van der Waals surface area contributed by atoms with Crippen molar-refractivity contribution < 1.29 is 14.4 Å². The van der Waals surface area contributed by atoms with E-state index in [9.17, 15) is 14.4 Å². The Labute approximate surface area is 113 Å². The normalized spacial score (nSPS) is 18.9. The first-order valence-electron chi connectivity index (χ1n) is 5.61. The summed E-state index contributed by atoms with van der Waals surface area (Å²) in [6.07, 6.45) is 1.09. The van der Waals surface area contributed by atoms with Gasteiger partial charge in [-0.2, -0.15) is 0 Å². The predicted molar refractivity (Wildman–Crippen MR) is 67.0 cm³/mol. The first-order chi connectivity index (χ1) is 9.01. The lowest BCUT2D eigenvalue weighted by Gasteiger charge is -2.23. The summed E-state index contributed by atoms with van der Waals surface area (Å²) in [6, 6.07) is -0.623. The molecule has 2 rings (SSSR count). The Kier molecular flexibility index (Phi) is 3.75. The van der Waals surface area contributed by atoms with Gasteiger partial charge in [0.25, 0.3) is 0 Å². The summed E-state index contributed by atoms with van der Waals surface area (Å²) in [4.78, 5) is 41.5. The maximum Gasteiger partial charge on any atom is 0.249 e. The van der Waals surface area contributed by atoms with Gasteiger partial charge in [0.1, 0.15) is 22.8 Å². The van der Waals surface area contributed by atoms with Crippen LogP contribution < -0.4 is 10.6 Å². The second-order valence-corrected chi connectivity index (χ2v) is 4.45. The van der Waals surface area contributed by atoms with Crippen molar-refractivity contribution in [3.63, 3.8) is 0 Å². The number of aldehydes is 1. The molecule has 2 heterocycles. The van der Waals surface area contributed by atoms with Crippen molar-refractivity contribution in [3.8, 4) is 0 Å². The van der Waals surface area contributed by atoms with Crippen molar-refractivity contribution >= 4 is 35.5 Å². The lowest BCUT2D eigenvalue weighted by molar-refractivity contribution is -0.133. The van der Waals surface area contributed by atoms with Crippen LogP contribution in [-0.4, -0.2) is 34.1 Å². The minimum Gasteiger partial charge on any atom is -0.358 e. The quantitative estimate of drug-likeness (QED) is 0.475. The highest BCUT2D eigenvalue weighted by molar-refractivity contribution is 6.32. The molecular weight excluding hydrogens is 272 g/mol. The van der Waals surface area contributed by atoms with Crippen molar-refractivity contribution in [2.45, 2.75) is 25.8 Å². The molecule has 0 spiro atoms. The van der Waals surface area contributed by atoms with E-state index < -0.39 is 11.9 Å². The molecule has 1 aromatic heterocycles. The number of rotatable bonds is 3. The van der Waals surface area contributed by atoms with Crippen LogP contribution in [0.3, 0.4) is 0 Å². The maximum atomic E-state index is 11.6. The molecule has 0 aromatic carbocycles. The molecular formula is C11H11ClN4O3. The van der Waals surface area contributed by atoms with Gasteiger partial charge in [-0.1, -0.05) is 11.6 Å². The zero-order valence-electron chi connectivity index (χ0n) is 10.1. The summed E-state index contributed by atoms with van der Waals surface area (Å²) >= 11 is 5.84. The molecule has 2 amide bonds. The van der Waals surface area contributed by atoms with Crippen molar-refractivity contribution in [2.24, 2.45) is 0 Å². The summed E-state index contributed by atoms with van der Waals surface area (Å²) in [5.41, 5.74) is 0.0944. The third kappa shape index (κ3) is 2.87. The van der Waals surface area contributed by atoms with E-state index >= 15 is 0 Å². The van der Waals surface area contributed by atoms with Gasteiger partial charge in [-0.15, -0.1) is 0 Å². The summed E-state index contributed by atoms with van der Waals surface area (Å²) in [5.74, 6) is -0.177. The highest BCUT2D eigenvalue weighted by Crippen LogP contribution is 2.21. The summed E-state index contributed by atoms with van der Waals surface area (Å²) in [5, 5.41) is 5.06. The van der Waals surface area contributed by atoms with E-state index in [4.69, 9.17) is 11.6 Å². The molecule has 1 unspecified atom stereocenters. The molecule has 7 nitrogen and oxygen atoms in total. The van der Waals surface area contributed by atoms with Gasteiger partial charge < -0.3 is 5.32 Å². The molecule has 1 aliphatic heterocycles. The van der Waals surface area contributed by atoms with Gasteiger partial charge in [-0.3, -0.25) is 19.7 Å². The molecule has 19 heavy (non-hydrogen) atoms. The molecule has 0 saturated carbocycles. The molecule has 2 N–H and O–H groups in total. The Morgan fingerprint density at radius 3 is 2.79 bits per heavy atom. The van der Waals surface area contributed by atoms with Crippen molar-refractivity contribution in [2.75, 3.05) is 5.32 Å². The van der Waals surface area contributed by atoms with Gasteiger partial charge in [0, 0.05) is 6.42 Å². The summed E-state index contributed by atoms with van der Waals surface area (Å²) in [6.45, 7) is 1.62. The fraction of sp³-hybridized carbons (Fsp3) is 0.364. The van der Waals surface area contributed by atoms with Crippen LogP contribution in [0.4, 0.5) is 5.82 Å². The van der Waals surface area contributed by atoms with Crippen LogP contribution in [0.5, 0.6) is 0 Å². The van der Waals surface area contributed by atoms with Crippen LogP contribution in [0, 0.1) is 6.92 Å². The van der Waals surface area contributed by atoms with Crippen LogP contribution >= 0.6 is 11.6 Å². The second kappa shape index (κ2) is 5.31. The number of piperidine rings is 1. The molecule has 0 radical (unpaired) electrons. The number of anilines is 1. The fourth-order valence-corrected chi connectivity index (χ4v) is 2.01. The summed E-state index contributed by atoms with van der Waals surface area (Å²) < 4.78 is 0. The van der Waals surface area contributed by atoms with Gasteiger partial charge >= 0.3 is 0 Å². The predicted octanol–water partition coefficient (Wildman–Crippen LogP) is 0.468. The van der Waals surface area contributed by atoms with E-state index in [1.165, 1.54) is 0 Å². The second-order valence-electron chi connectivity index (χ2n) is 4.09. The average Bonchev–Trinajstić information content (AvgIpc) is 2.32. The lowest BCUT2D eigenvalue weighted by atomic mass is 10.1. The number of nitrogens with zero attached hydrogens (tertiary/aromatic N) is 2. The third-order valence-electron chi connectivity index (χ3n) is 2.68. The number of amides is 2. The number of aryl methyl sites for hydroxylation is 1. The molecule has 1 aromatic rings. The number of aromatic nitrogens is 2. The topological polar surface area (TPSA) is 101 Å². The molecule has 0 bridgehead atoms. The van der Waals surface area contributed by atoms with Gasteiger partial charge in [0.15, 0.2) is 6.29 Å². The third-order valence-corrected chi connectivity index (χ3v) is 2.97. The first-order valence-corrected chi connectivity index (χ1v) is 5.98. The summed E-state index contributed by atoms with van der Waals surface area (Å²) in [7, 11) is 0. The average molecular weight is 283 g/mol. The molecule has 1 saturated heterocycles. The number of halogens is 1. The van der Waals surface area contributed by atoms with E-state index in [-0.39, 0.29) is 28.9 Å². The number of imide groups is 1. The van der Waals surface area contributed by atoms with Gasteiger partial charge in [0.2, 0.25) is 11.8 Å². The molecule has 100 valence electrons. The van der Waals surface area contributed by atoms with Gasteiger partial charge in [0.05, 0.1) is 5.56 Å². The highest BCUT2D eigenvalue weighted by Gasteiger charge is 2.27. The van der Waals surface area contributed by atoms with Crippen LogP contribution in [0.15, 0.2) is 0 Å². The Morgan fingerprint density at radius 2 is 2.16 bits per heavy atom.